The summed E-state index contributed by atoms with van der Waals surface area (Å²) in [4.78, 5) is 12.6. The number of rotatable bonds is 6. The summed E-state index contributed by atoms with van der Waals surface area (Å²) in [6, 6.07) is 12.7. The molecule has 6 nitrogen and oxygen atoms in total. The van der Waals surface area contributed by atoms with Crippen molar-refractivity contribution < 1.29 is 17.9 Å². The third-order valence-electron chi connectivity index (χ3n) is 4.75. The second-order valence-electron chi connectivity index (χ2n) is 6.41. The number of nitrogens with one attached hydrogen (secondary N) is 1. The van der Waals surface area contributed by atoms with Gasteiger partial charge in [-0.15, -0.1) is 0 Å². The van der Waals surface area contributed by atoms with Crippen molar-refractivity contribution in [1.82, 2.24) is 5.32 Å². The zero-order valence-corrected chi connectivity index (χ0v) is 16.4. The zero-order valence-electron chi connectivity index (χ0n) is 15.6. The first kappa shape index (κ1) is 19.2. The molecular weight excluding hydrogens is 364 g/mol. The molecule has 2 aromatic rings. The van der Waals surface area contributed by atoms with Gasteiger partial charge in [-0.3, -0.25) is 9.10 Å². The van der Waals surface area contributed by atoms with Crippen molar-refractivity contribution in [3.8, 4) is 5.75 Å². The van der Waals surface area contributed by atoms with E-state index in [1.165, 1.54) is 4.31 Å². The highest BCUT2D eigenvalue weighted by Crippen LogP contribution is 2.30. The third-order valence-corrected chi connectivity index (χ3v) is 6.53. The zero-order chi connectivity index (χ0) is 19.4. The van der Waals surface area contributed by atoms with Gasteiger partial charge in [-0.1, -0.05) is 18.2 Å². The SMILES string of the molecule is CCS(=O)(=O)N1CCCc2cc(C(=O)NCc3ccccc3OC)ccc21. The fraction of sp³-hybridized carbons (Fsp3) is 0.350. The number of benzene rings is 2. The van der Waals surface area contributed by atoms with Crippen molar-refractivity contribution in [2.75, 3.05) is 23.7 Å². The molecule has 27 heavy (non-hydrogen) atoms. The molecule has 0 aliphatic carbocycles. The average Bonchev–Trinajstić information content (AvgIpc) is 2.71. The van der Waals surface area contributed by atoms with E-state index in [0.717, 1.165) is 29.7 Å². The minimum absolute atomic E-state index is 0.0631. The van der Waals surface area contributed by atoms with E-state index in [-0.39, 0.29) is 11.7 Å². The van der Waals surface area contributed by atoms with Crippen molar-refractivity contribution in [3.05, 3.63) is 59.2 Å². The number of fused-ring (bicyclic) bond motifs is 1. The highest BCUT2D eigenvalue weighted by molar-refractivity contribution is 7.92. The lowest BCUT2D eigenvalue weighted by atomic mass is 10.0. The van der Waals surface area contributed by atoms with Crippen LogP contribution in [-0.2, 0) is 23.0 Å². The molecule has 144 valence electrons. The highest BCUT2D eigenvalue weighted by Gasteiger charge is 2.26. The highest BCUT2D eigenvalue weighted by atomic mass is 32.2. The summed E-state index contributed by atoms with van der Waals surface area (Å²) in [5, 5.41) is 2.90. The first-order chi connectivity index (χ1) is 13.0. The first-order valence-electron chi connectivity index (χ1n) is 8.99. The molecule has 1 amide bonds. The van der Waals surface area contributed by atoms with Crippen molar-refractivity contribution >= 4 is 21.6 Å². The normalized spacial score (nSPS) is 13.8. The Hall–Kier alpha value is -2.54. The van der Waals surface area contributed by atoms with Crippen LogP contribution in [0.3, 0.4) is 0 Å². The number of aryl methyl sites for hydroxylation is 1. The van der Waals surface area contributed by atoms with Crippen LogP contribution >= 0.6 is 0 Å². The molecule has 0 spiro atoms. The Kier molecular flexibility index (Phi) is 5.70. The van der Waals surface area contributed by atoms with Gasteiger partial charge in [-0.25, -0.2) is 8.42 Å². The number of ether oxygens (including phenoxy) is 1. The van der Waals surface area contributed by atoms with Gasteiger partial charge in [0.05, 0.1) is 18.6 Å². The fourth-order valence-electron chi connectivity index (χ4n) is 3.28. The summed E-state index contributed by atoms with van der Waals surface area (Å²) >= 11 is 0. The van der Waals surface area contributed by atoms with Gasteiger partial charge in [-0.05, 0) is 49.6 Å². The number of nitrogens with zero attached hydrogens (tertiary/aromatic N) is 1. The largest absolute Gasteiger partial charge is 0.496 e. The lowest BCUT2D eigenvalue weighted by Gasteiger charge is -2.30. The molecule has 0 aromatic heterocycles. The van der Waals surface area contributed by atoms with Crippen molar-refractivity contribution in [2.45, 2.75) is 26.3 Å². The topological polar surface area (TPSA) is 75.7 Å². The lowest BCUT2D eigenvalue weighted by Crippen LogP contribution is -2.36. The van der Waals surface area contributed by atoms with E-state index in [0.29, 0.717) is 24.3 Å². The Balaban J connectivity index is 1.77. The number of carbonyl (C=O) groups excluding carboxylic acids is 1. The van der Waals surface area contributed by atoms with E-state index in [1.807, 2.05) is 24.3 Å². The van der Waals surface area contributed by atoms with Crippen LogP contribution in [0.5, 0.6) is 5.75 Å². The van der Waals surface area contributed by atoms with Gasteiger partial charge in [-0.2, -0.15) is 0 Å². The van der Waals surface area contributed by atoms with E-state index in [1.54, 1.807) is 32.2 Å². The molecule has 0 atom stereocenters. The smallest absolute Gasteiger partial charge is 0.251 e. The maximum Gasteiger partial charge on any atom is 0.251 e. The molecule has 0 bridgehead atoms. The lowest BCUT2D eigenvalue weighted by molar-refractivity contribution is 0.0950. The number of hydrogen-bond donors (Lipinski definition) is 1. The molecule has 1 aliphatic rings. The van der Waals surface area contributed by atoms with Crippen LogP contribution < -0.4 is 14.4 Å². The molecule has 1 aliphatic heterocycles. The molecule has 0 fully saturated rings. The van der Waals surface area contributed by atoms with Gasteiger partial charge < -0.3 is 10.1 Å². The van der Waals surface area contributed by atoms with Crippen molar-refractivity contribution in [3.63, 3.8) is 0 Å². The molecule has 1 heterocycles. The molecule has 0 unspecified atom stereocenters. The van der Waals surface area contributed by atoms with Crippen LogP contribution in [0.15, 0.2) is 42.5 Å². The molecule has 0 saturated heterocycles. The maximum atomic E-state index is 12.6. The van der Waals surface area contributed by atoms with Crippen LogP contribution in [0.1, 0.15) is 34.8 Å². The van der Waals surface area contributed by atoms with E-state index in [4.69, 9.17) is 4.74 Å². The third kappa shape index (κ3) is 4.08. The summed E-state index contributed by atoms with van der Waals surface area (Å²) in [7, 11) is -1.71. The summed E-state index contributed by atoms with van der Waals surface area (Å²) < 4.78 is 31.3. The summed E-state index contributed by atoms with van der Waals surface area (Å²) in [6.45, 7) is 2.49. The molecule has 7 heteroatoms. The van der Waals surface area contributed by atoms with E-state index >= 15 is 0 Å². The van der Waals surface area contributed by atoms with Gasteiger partial charge in [0, 0.05) is 24.2 Å². The number of methoxy groups -OCH3 is 1. The average molecular weight is 388 g/mol. The second kappa shape index (κ2) is 8.00. The predicted octanol–water partition coefficient (Wildman–Crippen LogP) is 2.73. The van der Waals surface area contributed by atoms with E-state index in [9.17, 15) is 13.2 Å². The Morgan fingerprint density at radius 1 is 1.22 bits per heavy atom. The number of sulfonamides is 1. The summed E-state index contributed by atoms with van der Waals surface area (Å²) in [6.07, 6.45) is 1.51. The van der Waals surface area contributed by atoms with Crippen molar-refractivity contribution in [1.29, 1.82) is 0 Å². The van der Waals surface area contributed by atoms with Gasteiger partial charge >= 0.3 is 0 Å². The Morgan fingerprint density at radius 3 is 2.74 bits per heavy atom. The van der Waals surface area contributed by atoms with Gasteiger partial charge in [0.2, 0.25) is 10.0 Å². The minimum Gasteiger partial charge on any atom is -0.496 e. The van der Waals surface area contributed by atoms with Gasteiger partial charge in [0.1, 0.15) is 5.75 Å². The van der Waals surface area contributed by atoms with Gasteiger partial charge in [0.15, 0.2) is 0 Å². The summed E-state index contributed by atoms with van der Waals surface area (Å²) in [5.41, 5.74) is 3.00. The monoisotopic (exact) mass is 388 g/mol. The first-order valence-corrected chi connectivity index (χ1v) is 10.6. The molecule has 0 radical (unpaired) electrons. The maximum absolute atomic E-state index is 12.6. The van der Waals surface area contributed by atoms with Gasteiger partial charge in [0.25, 0.3) is 5.91 Å². The van der Waals surface area contributed by atoms with E-state index in [2.05, 4.69) is 5.32 Å². The van der Waals surface area contributed by atoms with Crippen LogP contribution in [0, 0.1) is 0 Å². The Bertz CT molecular complexity index is 941. The Labute approximate surface area is 160 Å². The van der Waals surface area contributed by atoms with Crippen LogP contribution in [0.4, 0.5) is 5.69 Å². The molecule has 3 rings (SSSR count). The second-order valence-corrected chi connectivity index (χ2v) is 8.60. The standard InChI is InChI=1S/C20H24N2O4S/c1-3-27(24,25)22-12-6-8-15-13-16(10-11-18(15)22)20(23)21-14-17-7-4-5-9-19(17)26-2/h4-5,7,9-11,13H,3,6,8,12,14H2,1-2H3,(H,21,23). The van der Waals surface area contributed by atoms with E-state index < -0.39 is 10.0 Å². The van der Waals surface area contributed by atoms with Crippen molar-refractivity contribution in [2.24, 2.45) is 0 Å². The molecule has 1 N–H and O–H groups in total. The number of amides is 1. The van der Waals surface area contributed by atoms with Crippen LogP contribution in [-0.4, -0.2) is 33.7 Å². The predicted molar refractivity (Wildman–Crippen MR) is 106 cm³/mol. The quantitative estimate of drug-likeness (QED) is 0.826. The summed E-state index contributed by atoms with van der Waals surface area (Å²) in [5.74, 6) is 0.593. The fourth-order valence-corrected chi connectivity index (χ4v) is 4.47. The molecular formula is C20H24N2O4S. The van der Waals surface area contributed by atoms with Crippen LogP contribution in [0.2, 0.25) is 0 Å². The Morgan fingerprint density at radius 2 is 2.00 bits per heavy atom. The molecule has 0 saturated carbocycles. The van der Waals surface area contributed by atoms with Crippen LogP contribution in [0.25, 0.3) is 0 Å². The number of hydrogen-bond acceptors (Lipinski definition) is 4. The number of anilines is 1. The molecule has 2 aromatic carbocycles. The number of carbonyl (C=O) groups is 1. The number of para-hydroxylation sites is 1. The minimum atomic E-state index is -3.30.